The summed E-state index contributed by atoms with van der Waals surface area (Å²) in [6.45, 7) is 12.3. The average molecular weight is 434 g/mol. The number of aryl methyl sites for hydroxylation is 2. The fraction of sp³-hybridized carbons (Fsp3) is 0.588. The van der Waals surface area contributed by atoms with E-state index in [1.807, 2.05) is 67.9 Å². The van der Waals surface area contributed by atoms with Crippen molar-refractivity contribution in [1.29, 1.82) is 0 Å². The third-order valence-corrected chi connectivity index (χ3v) is 9.89. The largest absolute Gasteiger partial charge is 1.00 e. The third kappa shape index (κ3) is 2.75. The summed E-state index contributed by atoms with van der Waals surface area (Å²) in [6.07, 6.45) is 2.02. The number of rotatable bonds is 1. The topological polar surface area (TPSA) is 8.81 Å². The van der Waals surface area contributed by atoms with Crippen molar-refractivity contribution in [3.63, 3.8) is 0 Å². The van der Waals surface area contributed by atoms with Crippen LogP contribution < -0.4 is 33.9 Å². The number of pyridine rings is 1. The van der Waals surface area contributed by atoms with Gasteiger partial charge in [0.2, 0.25) is 0 Å². The summed E-state index contributed by atoms with van der Waals surface area (Å²) < 4.78 is 20.6. The summed E-state index contributed by atoms with van der Waals surface area (Å²) in [6, 6.07) is 6.15. The number of halogens is 2. The average Bonchev–Trinajstić information content (AvgIpc) is 2.64. The van der Waals surface area contributed by atoms with Gasteiger partial charge < -0.3 is 28.1 Å². The van der Waals surface area contributed by atoms with Crippen molar-refractivity contribution in [2.24, 2.45) is 14.1 Å². The van der Waals surface area contributed by atoms with Crippen LogP contribution in [-0.4, -0.2) is 13.0 Å². The molecule has 0 saturated carbocycles. The van der Waals surface area contributed by atoms with E-state index in [-0.39, 0.29) is 34.1 Å². The van der Waals surface area contributed by atoms with Gasteiger partial charge in [0.05, 0.1) is 25.7 Å². The van der Waals surface area contributed by atoms with Gasteiger partial charge in [-0.2, -0.15) is 0 Å². The lowest BCUT2D eigenvalue weighted by molar-refractivity contribution is -0.647. The van der Waals surface area contributed by atoms with E-state index in [0.717, 1.165) is 16.4 Å². The van der Waals surface area contributed by atoms with Gasteiger partial charge in [0.15, 0.2) is 0 Å². The predicted molar refractivity (Wildman–Crippen MR) is 90.0 cm³/mol. The molecule has 0 bridgehead atoms. The maximum Gasteiger partial charge on any atom is 0.330 e. The van der Waals surface area contributed by atoms with Crippen LogP contribution in [-0.2, 0) is 14.1 Å². The van der Waals surface area contributed by atoms with Crippen molar-refractivity contribution in [2.75, 3.05) is 0 Å². The zero-order chi connectivity index (χ0) is 16.2. The fourth-order valence-corrected chi connectivity index (χ4v) is 8.46. The van der Waals surface area contributed by atoms with E-state index in [1.165, 1.54) is 0 Å². The van der Waals surface area contributed by atoms with E-state index in [4.69, 9.17) is 0 Å². The van der Waals surface area contributed by atoms with E-state index < -0.39 is 8.41 Å². The van der Waals surface area contributed by atoms with E-state index >= 15 is 4.11 Å². The van der Waals surface area contributed by atoms with Crippen LogP contribution >= 0.6 is 0 Å². The number of hydrogen-bond donors (Lipinski definition) is 0. The van der Waals surface area contributed by atoms with Gasteiger partial charge in [0.1, 0.15) is 5.32 Å². The molecule has 2 heterocycles. The van der Waals surface area contributed by atoms with Crippen LogP contribution in [0.3, 0.4) is 0 Å². The Kier molecular flexibility index (Phi) is 5.25. The smallest absolute Gasteiger partial charge is 0.330 e. The molecule has 0 radical (unpaired) electrons. The molecule has 0 unspecified atom stereocenters. The zero-order valence-electron chi connectivity index (χ0n) is 15.0. The number of aromatic nitrogens is 2. The molecule has 0 atom stereocenters. The number of hydrogen-bond acceptors (Lipinski definition) is 0. The minimum Gasteiger partial charge on any atom is -1.00 e. The lowest BCUT2D eigenvalue weighted by Crippen LogP contribution is -3.00. The van der Waals surface area contributed by atoms with Gasteiger partial charge in [-0.05, 0) is 28.3 Å². The zero-order valence-corrected chi connectivity index (χ0v) is 18.1. The molecule has 2 aromatic rings. The van der Waals surface area contributed by atoms with Gasteiger partial charge in [0.25, 0.3) is 5.65 Å². The SMILES string of the molecule is Cn1c([Si](F)(C(C)(C)C)C(C)(C)C)cc2ccc[n+](C)c21.[I-]. The first-order chi connectivity index (χ1) is 9.41. The molecule has 2 nitrogen and oxygen atoms in total. The maximum absolute atomic E-state index is 16.5. The normalized spacial score (nSPS) is 13.3. The highest BCUT2D eigenvalue weighted by Crippen LogP contribution is 2.51. The highest BCUT2D eigenvalue weighted by atomic mass is 127. The summed E-state index contributed by atoms with van der Waals surface area (Å²) >= 11 is 0. The highest BCUT2D eigenvalue weighted by Gasteiger charge is 2.60. The molecular formula is C17H28FIN2Si. The third-order valence-electron chi connectivity index (χ3n) is 4.57. The monoisotopic (exact) mass is 434 g/mol. The van der Waals surface area contributed by atoms with Gasteiger partial charge in [-0.1, -0.05) is 41.5 Å². The molecule has 0 aliphatic heterocycles. The van der Waals surface area contributed by atoms with Crippen LogP contribution in [0.25, 0.3) is 11.0 Å². The quantitative estimate of drug-likeness (QED) is 0.271. The molecule has 0 amide bonds. The Hall–Kier alpha value is -0.433. The summed E-state index contributed by atoms with van der Waals surface area (Å²) in [5.41, 5.74) is 1.08. The summed E-state index contributed by atoms with van der Waals surface area (Å²) in [4.78, 5) is 0. The first kappa shape index (κ1) is 19.6. The minimum atomic E-state index is -3.23. The molecule has 0 fully saturated rings. The summed E-state index contributed by atoms with van der Waals surface area (Å²) in [5, 5.41) is 1.29. The van der Waals surface area contributed by atoms with Crippen LogP contribution in [0, 0.1) is 0 Å². The number of fused-ring (bicyclic) bond motifs is 1. The molecule has 5 heteroatoms. The highest BCUT2D eigenvalue weighted by molar-refractivity contribution is 6.90. The molecule has 0 saturated heterocycles. The van der Waals surface area contributed by atoms with Crippen LogP contribution in [0.1, 0.15) is 41.5 Å². The molecule has 0 aliphatic rings. The Balaban J connectivity index is 0.00000242. The van der Waals surface area contributed by atoms with E-state index in [9.17, 15) is 0 Å². The van der Waals surface area contributed by atoms with Gasteiger partial charge in [-0.25, -0.2) is 9.13 Å². The molecule has 22 heavy (non-hydrogen) atoms. The Morgan fingerprint density at radius 2 is 1.59 bits per heavy atom. The van der Waals surface area contributed by atoms with E-state index in [0.29, 0.717) is 0 Å². The van der Waals surface area contributed by atoms with Crippen molar-refractivity contribution in [3.05, 3.63) is 24.4 Å². The van der Waals surface area contributed by atoms with Crippen LogP contribution in [0.5, 0.6) is 0 Å². The molecule has 0 aliphatic carbocycles. The minimum absolute atomic E-state index is 0. The van der Waals surface area contributed by atoms with Crippen molar-refractivity contribution in [3.8, 4) is 0 Å². The van der Waals surface area contributed by atoms with Crippen LogP contribution in [0.2, 0.25) is 10.1 Å². The standard InChI is InChI=1S/C17H28FN2Si.HI/c1-16(2,3)21(18,17(4,5)6)14-12-13-10-9-11-19(7)15(13)20(14)8;/h9-12H,1-8H3;1H/q+1;/p-1. The maximum atomic E-state index is 16.5. The molecular weight excluding hydrogens is 406 g/mol. The molecule has 2 aromatic heterocycles. The van der Waals surface area contributed by atoms with Gasteiger partial charge in [-0.3, -0.25) is 0 Å². The van der Waals surface area contributed by atoms with Crippen molar-refractivity contribution in [1.82, 2.24) is 4.57 Å². The second kappa shape index (κ2) is 5.89. The van der Waals surface area contributed by atoms with E-state index in [2.05, 4.69) is 21.3 Å². The Morgan fingerprint density at radius 1 is 1.09 bits per heavy atom. The Labute approximate surface area is 151 Å². The fourth-order valence-electron chi connectivity index (χ4n) is 3.75. The second-order valence-electron chi connectivity index (χ2n) is 8.15. The molecule has 0 aromatic carbocycles. The lowest BCUT2D eigenvalue weighted by Gasteiger charge is -2.42. The van der Waals surface area contributed by atoms with Crippen LogP contribution in [0.4, 0.5) is 4.11 Å². The molecule has 0 N–H and O–H groups in total. The van der Waals surface area contributed by atoms with Crippen molar-refractivity contribution in [2.45, 2.75) is 51.6 Å². The molecule has 0 spiro atoms. The van der Waals surface area contributed by atoms with E-state index in [1.54, 1.807) is 0 Å². The van der Waals surface area contributed by atoms with Gasteiger partial charge in [0, 0.05) is 0 Å². The van der Waals surface area contributed by atoms with Crippen LogP contribution in [0.15, 0.2) is 24.4 Å². The molecule has 124 valence electrons. The first-order valence-electron chi connectivity index (χ1n) is 7.55. The first-order valence-corrected chi connectivity index (χ1v) is 9.42. The van der Waals surface area contributed by atoms with Gasteiger partial charge in [-0.15, -0.1) is 0 Å². The number of nitrogens with zero attached hydrogens (tertiary/aromatic N) is 2. The van der Waals surface area contributed by atoms with Crippen molar-refractivity contribution >= 4 is 24.8 Å². The van der Waals surface area contributed by atoms with Crippen molar-refractivity contribution < 1.29 is 32.7 Å². The van der Waals surface area contributed by atoms with Gasteiger partial charge >= 0.3 is 8.41 Å². The predicted octanol–water partition coefficient (Wildman–Crippen LogP) is 0.729. The molecule has 2 rings (SSSR count). The summed E-state index contributed by atoms with van der Waals surface area (Å²) in [5.74, 6) is 0. The lowest BCUT2D eigenvalue weighted by atomic mass is 10.2. The Morgan fingerprint density at radius 3 is 2.00 bits per heavy atom. The Bertz CT molecular complexity index is 666. The summed E-state index contributed by atoms with van der Waals surface area (Å²) in [7, 11) is 0.782. The second-order valence-corrected chi connectivity index (χ2v) is 13.0.